The van der Waals surface area contributed by atoms with Crippen molar-refractivity contribution in [1.29, 1.82) is 0 Å². The number of rotatable bonds is 12. The Morgan fingerprint density at radius 1 is 0.964 bits per heavy atom. The summed E-state index contributed by atoms with van der Waals surface area (Å²) in [7, 11) is 3.99. The first kappa shape index (κ1) is 22.3. The maximum Gasteiger partial charge on any atom is 0.185 e. The number of ketones is 1. The number of carbonyl (C=O) groups excluding carboxylic acids is 1. The molecule has 0 aliphatic heterocycles. The summed E-state index contributed by atoms with van der Waals surface area (Å²) in [6.45, 7) is 2.26. The highest BCUT2D eigenvalue weighted by Crippen LogP contribution is 2.22. The molecule has 0 saturated carbocycles. The van der Waals surface area contributed by atoms with Gasteiger partial charge in [0.25, 0.3) is 0 Å². The Morgan fingerprint density at radius 3 is 2.39 bits per heavy atom. The third-order valence-corrected chi connectivity index (χ3v) is 5.80. The van der Waals surface area contributed by atoms with Gasteiger partial charge < -0.3 is 4.90 Å². The third kappa shape index (κ3) is 7.93. The molecule has 2 aromatic carbocycles. The Bertz CT molecular complexity index is 749. The van der Waals surface area contributed by atoms with Gasteiger partial charge in [-0.25, -0.2) is 0 Å². The molecule has 150 valence electrons. The number of hydrogen-bond donors (Lipinski definition) is 0. The van der Waals surface area contributed by atoms with E-state index in [1.165, 1.54) is 43.4 Å². The van der Waals surface area contributed by atoms with Crippen molar-refractivity contribution in [2.24, 2.45) is 0 Å². The Balaban J connectivity index is 1.83. The van der Waals surface area contributed by atoms with Crippen LogP contribution >= 0.6 is 11.8 Å². The zero-order chi connectivity index (χ0) is 20.2. The molecule has 0 aromatic heterocycles. The van der Waals surface area contributed by atoms with Gasteiger partial charge in [0.05, 0.1) is 0 Å². The first-order valence-electron chi connectivity index (χ1n) is 10.3. The summed E-state index contributed by atoms with van der Waals surface area (Å²) in [5.41, 5.74) is 2.89. The van der Waals surface area contributed by atoms with Crippen LogP contribution in [0.3, 0.4) is 0 Å². The summed E-state index contributed by atoms with van der Waals surface area (Å²) >= 11 is 1.91. The fourth-order valence-electron chi connectivity index (χ4n) is 2.97. The normalized spacial score (nSPS) is 11.1. The summed E-state index contributed by atoms with van der Waals surface area (Å²) in [6.07, 6.45) is 11.6. The minimum Gasteiger partial charge on any atom is -0.378 e. The molecule has 0 fully saturated rings. The van der Waals surface area contributed by atoms with Crippen molar-refractivity contribution in [3.8, 4) is 0 Å². The van der Waals surface area contributed by atoms with Gasteiger partial charge in [0.15, 0.2) is 5.78 Å². The average molecular weight is 396 g/mol. The van der Waals surface area contributed by atoms with Gasteiger partial charge in [-0.15, -0.1) is 11.8 Å². The van der Waals surface area contributed by atoms with E-state index < -0.39 is 0 Å². The molecule has 0 atom stereocenters. The number of nitrogens with zero attached hydrogens (tertiary/aromatic N) is 1. The molecular formula is C25H33NOS. The minimum absolute atomic E-state index is 0.0374. The first-order chi connectivity index (χ1) is 13.6. The SMILES string of the molecule is CCCCCCCCSc1cccc(C=CC(=O)c2ccc(N(C)C)cc2)c1. The van der Waals surface area contributed by atoms with Gasteiger partial charge in [-0.1, -0.05) is 57.2 Å². The number of allylic oxidation sites excluding steroid dienone is 1. The maximum absolute atomic E-state index is 12.4. The maximum atomic E-state index is 12.4. The van der Waals surface area contributed by atoms with Crippen LogP contribution < -0.4 is 4.90 Å². The highest BCUT2D eigenvalue weighted by atomic mass is 32.2. The number of thioether (sulfide) groups is 1. The van der Waals surface area contributed by atoms with Crippen LogP contribution in [0.5, 0.6) is 0 Å². The molecule has 0 unspecified atom stereocenters. The lowest BCUT2D eigenvalue weighted by Gasteiger charge is -2.11. The molecule has 2 nitrogen and oxygen atoms in total. The number of carbonyl (C=O) groups is 1. The zero-order valence-corrected chi connectivity index (χ0v) is 18.3. The van der Waals surface area contributed by atoms with Crippen molar-refractivity contribution in [1.82, 2.24) is 0 Å². The van der Waals surface area contributed by atoms with E-state index in [0.29, 0.717) is 0 Å². The van der Waals surface area contributed by atoms with Crippen molar-refractivity contribution in [3.63, 3.8) is 0 Å². The van der Waals surface area contributed by atoms with Crippen molar-refractivity contribution < 1.29 is 4.79 Å². The van der Waals surface area contributed by atoms with Gasteiger partial charge in [0.1, 0.15) is 0 Å². The van der Waals surface area contributed by atoms with Crippen LogP contribution in [0.1, 0.15) is 61.4 Å². The van der Waals surface area contributed by atoms with E-state index in [1.807, 2.05) is 67.2 Å². The van der Waals surface area contributed by atoms with Crippen LogP contribution in [0, 0.1) is 0 Å². The molecule has 2 rings (SSSR count). The molecule has 0 radical (unpaired) electrons. The van der Waals surface area contributed by atoms with Gasteiger partial charge in [-0.2, -0.15) is 0 Å². The lowest BCUT2D eigenvalue weighted by Crippen LogP contribution is -2.08. The molecule has 0 spiro atoms. The van der Waals surface area contributed by atoms with Gasteiger partial charge in [-0.3, -0.25) is 4.79 Å². The molecule has 0 aliphatic carbocycles. The third-order valence-electron chi connectivity index (χ3n) is 4.72. The smallest absolute Gasteiger partial charge is 0.185 e. The van der Waals surface area contributed by atoms with Crippen molar-refractivity contribution >= 4 is 29.3 Å². The van der Waals surface area contributed by atoms with Crippen LogP contribution in [-0.4, -0.2) is 25.6 Å². The van der Waals surface area contributed by atoms with Gasteiger partial charge in [0.2, 0.25) is 0 Å². The van der Waals surface area contributed by atoms with E-state index in [1.54, 1.807) is 6.08 Å². The van der Waals surface area contributed by atoms with E-state index in [-0.39, 0.29) is 5.78 Å². The largest absolute Gasteiger partial charge is 0.378 e. The highest BCUT2D eigenvalue weighted by molar-refractivity contribution is 7.99. The molecule has 0 aliphatic rings. The summed E-state index contributed by atoms with van der Waals surface area (Å²) in [5, 5.41) is 0. The second kappa shape index (κ2) is 12.5. The second-order valence-electron chi connectivity index (χ2n) is 7.33. The van der Waals surface area contributed by atoms with Crippen molar-refractivity contribution in [2.45, 2.75) is 50.3 Å². The molecule has 0 amide bonds. The zero-order valence-electron chi connectivity index (χ0n) is 17.5. The standard InChI is InChI=1S/C25H33NOS/c1-4-5-6-7-8-9-19-28-24-12-10-11-21(20-24)13-18-25(27)22-14-16-23(17-15-22)26(2)3/h10-18,20H,4-9,19H2,1-3H3. The topological polar surface area (TPSA) is 20.3 Å². The van der Waals surface area contributed by atoms with E-state index in [0.717, 1.165) is 22.6 Å². The monoisotopic (exact) mass is 395 g/mol. The van der Waals surface area contributed by atoms with Gasteiger partial charge in [-0.05, 0) is 60.2 Å². The van der Waals surface area contributed by atoms with Crippen molar-refractivity contribution in [3.05, 3.63) is 65.7 Å². The Morgan fingerprint density at radius 2 is 1.68 bits per heavy atom. The Hall–Kier alpha value is -2.00. The first-order valence-corrected chi connectivity index (χ1v) is 11.3. The fourth-order valence-corrected chi connectivity index (χ4v) is 3.95. The highest BCUT2D eigenvalue weighted by Gasteiger charge is 2.03. The average Bonchev–Trinajstić information content (AvgIpc) is 2.71. The number of anilines is 1. The van der Waals surface area contributed by atoms with Gasteiger partial charge in [0, 0.05) is 30.2 Å². The molecule has 0 saturated heterocycles. The molecule has 28 heavy (non-hydrogen) atoms. The van der Waals surface area contributed by atoms with Crippen LogP contribution in [0.2, 0.25) is 0 Å². The predicted octanol–water partition coefficient (Wildman–Crippen LogP) is 7.10. The summed E-state index contributed by atoms with van der Waals surface area (Å²) < 4.78 is 0. The second-order valence-corrected chi connectivity index (χ2v) is 8.50. The molecule has 0 bridgehead atoms. The van der Waals surface area contributed by atoms with Gasteiger partial charge >= 0.3 is 0 Å². The number of hydrogen-bond acceptors (Lipinski definition) is 3. The molecule has 3 heteroatoms. The lowest BCUT2D eigenvalue weighted by atomic mass is 10.1. The van der Waals surface area contributed by atoms with E-state index in [9.17, 15) is 4.79 Å². The predicted molar refractivity (Wildman–Crippen MR) is 125 cm³/mol. The van der Waals surface area contributed by atoms with Crippen LogP contribution in [0.25, 0.3) is 6.08 Å². The Labute approximate surface area is 175 Å². The molecular weight excluding hydrogens is 362 g/mol. The molecule has 0 N–H and O–H groups in total. The number of unbranched alkanes of at least 4 members (excludes halogenated alkanes) is 5. The summed E-state index contributed by atoms with van der Waals surface area (Å²) in [6, 6.07) is 16.2. The minimum atomic E-state index is 0.0374. The van der Waals surface area contributed by atoms with Crippen LogP contribution in [0.15, 0.2) is 59.5 Å². The summed E-state index contributed by atoms with van der Waals surface area (Å²) in [4.78, 5) is 15.7. The quantitative estimate of drug-likeness (QED) is 0.165. The van der Waals surface area contributed by atoms with Crippen LogP contribution in [-0.2, 0) is 0 Å². The molecule has 0 heterocycles. The number of benzene rings is 2. The van der Waals surface area contributed by atoms with E-state index in [4.69, 9.17) is 0 Å². The van der Waals surface area contributed by atoms with E-state index in [2.05, 4.69) is 25.1 Å². The lowest BCUT2D eigenvalue weighted by molar-refractivity contribution is 0.104. The summed E-state index contributed by atoms with van der Waals surface area (Å²) in [5.74, 6) is 1.20. The fraction of sp³-hybridized carbons (Fsp3) is 0.400. The molecule has 2 aromatic rings. The van der Waals surface area contributed by atoms with E-state index >= 15 is 0 Å². The van der Waals surface area contributed by atoms with Crippen LogP contribution in [0.4, 0.5) is 5.69 Å². The Kier molecular flexibility index (Phi) is 9.92. The van der Waals surface area contributed by atoms with Crippen molar-refractivity contribution in [2.75, 3.05) is 24.7 Å².